The van der Waals surface area contributed by atoms with Crippen molar-refractivity contribution >= 4 is 0 Å². The summed E-state index contributed by atoms with van der Waals surface area (Å²) in [4.78, 5) is 0. The van der Waals surface area contributed by atoms with E-state index in [1.807, 2.05) is 13.8 Å². The lowest BCUT2D eigenvalue weighted by Gasteiger charge is -1.96. The Labute approximate surface area is 72.7 Å². The largest absolute Gasteiger partial charge is 0.0887 e. The summed E-state index contributed by atoms with van der Waals surface area (Å²) >= 11 is 0. The summed E-state index contributed by atoms with van der Waals surface area (Å²) in [6.07, 6.45) is 7.58. The van der Waals surface area contributed by atoms with E-state index in [0.29, 0.717) is 0 Å². The molecule has 0 N–H and O–H groups in total. The predicted molar refractivity (Wildman–Crippen MR) is 54.9 cm³/mol. The molecule has 0 aliphatic carbocycles. The highest BCUT2D eigenvalue weighted by atomic mass is 13.9. The van der Waals surface area contributed by atoms with Crippen LogP contribution in [0.15, 0.2) is 11.6 Å². The average Bonchev–Trinajstić information content (AvgIpc) is 2.08. The SMILES string of the molecule is C/C=C(\C)CCCCC.CC. The van der Waals surface area contributed by atoms with E-state index in [0.717, 1.165) is 0 Å². The van der Waals surface area contributed by atoms with Gasteiger partial charge < -0.3 is 0 Å². The molecule has 0 aliphatic rings. The molecule has 0 aliphatic heterocycles. The second-order valence-corrected chi connectivity index (χ2v) is 2.59. The fourth-order valence-corrected chi connectivity index (χ4v) is 0.798. The van der Waals surface area contributed by atoms with E-state index < -0.39 is 0 Å². The van der Waals surface area contributed by atoms with Crippen molar-refractivity contribution in [2.75, 3.05) is 0 Å². The summed E-state index contributed by atoms with van der Waals surface area (Å²) in [6.45, 7) is 10.6. The Morgan fingerprint density at radius 3 is 2.09 bits per heavy atom. The third-order valence-corrected chi connectivity index (χ3v) is 1.67. The van der Waals surface area contributed by atoms with Crippen molar-refractivity contribution in [2.45, 2.75) is 60.3 Å². The van der Waals surface area contributed by atoms with Crippen LogP contribution in [-0.2, 0) is 0 Å². The van der Waals surface area contributed by atoms with Gasteiger partial charge in [-0.15, -0.1) is 0 Å². The van der Waals surface area contributed by atoms with Crippen LogP contribution < -0.4 is 0 Å². The molecule has 0 amide bonds. The van der Waals surface area contributed by atoms with E-state index >= 15 is 0 Å². The van der Waals surface area contributed by atoms with Crippen molar-refractivity contribution in [2.24, 2.45) is 0 Å². The first-order valence-electron chi connectivity index (χ1n) is 4.93. The molecule has 0 radical (unpaired) electrons. The summed E-state index contributed by atoms with van der Waals surface area (Å²) in [5, 5.41) is 0. The van der Waals surface area contributed by atoms with Gasteiger partial charge in [-0.1, -0.05) is 45.3 Å². The maximum Gasteiger partial charge on any atom is -0.0323 e. The highest BCUT2D eigenvalue weighted by molar-refractivity contribution is 4.94. The molecule has 0 heteroatoms. The van der Waals surface area contributed by atoms with Gasteiger partial charge in [-0.25, -0.2) is 0 Å². The molecule has 0 saturated heterocycles. The number of hydrogen-bond donors (Lipinski definition) is 0. The zero-order chi connectivity index (χ0) is 9.11. The van der Waals surface area contributed by atoms with Crippen molar-refractivity contribution in [1.82, 2.24) is 0 Å². The molecule has 0 bridgehead atoms. The molecule has 0 atom stereocenters. The molecule has 0 spiro atoms. The molecule has 0 aromatic heterocycles. The summed E-state index contributed by atoms with van der Waals surface area (Å²) in [6, 6.07) is 0. The minimum absolute atomic E-state index is 1.30. The topological polar surface area (TPSA) is 0 Å². The van der Waals surface area contributed by atoms with Gasteiger partial charge in [0.25, 0.3) is 0 Å². The monoisotopic (exact) mass is 156 g/mol. The van der Waals surface area contributed by atoms with Crippen LogP contribution in [0.5, 0.6) is 0 Å². The standard InChI is InChI=1S/C9H18.C2H6/c1-4-6-7-8-9(3)5-2;1-2/h5H,4,6-8H2,1-3H3;1-2H3/b9-5+;. The fraction of sp³-hybridized carbons (Fsp3) is 0.818. The van der Waals surface area contributed by atoms with Gasteiger partial charge in [0.15, 0.2) is 0 Å². The van der Waals surface area contributed by atoms with Crippen LogP contribution in [-0.4, -0.2) is 0 Å². The molecular formula is C11H24. The zero-order valence-corrected chi connectivity index (χ0v) is 8.91. The van der Waals surface area contributed by atoms with Gasteiger partial charge in [-0.05, 0) is 26.7 Å². The average molecular weight is 156 g/mol. The Kier molecular flexibility index (Phi) is 15.1. The van der Waals surface area contributed by atoms with E-state index in [1.165, 1.54) is 31.3 Å². The zero-order valence-electron chi connectivity index (χ0n) is 8.91. The van der Waals surface area contributed by atoms with Gasteiger partial charge in [0.1, 0.15) is 0 Å². The lowest BCUT2D eigenvalue weighted by Crippen LogP contribution is -1.76. The van der Waals surface area contributed by atoms with Gasteiger partial charge in [0.05, 0.1) is 0 Å². The second kappa shape index (κ2) is 12.4. The minimum Gasteiger partial charge on any atom is -0.0887 e. The van der Waals surface area contributed by atoms with Crippen LogP contribution in [0.1, 0.15) is 60.3 Å². The fourth-order valence-electron chi connectivity index (χ4n) is 0.798. The van der Waals surface area contributed by atoms with Crippen molar-refractivity contribution in [3.8, 4) is 0 Å². The summed E-state index contributed by atoms with van der Waals surface area (Å²) in [5.74, 6) is 0. The second-order valence-electron chi connectivity index (χ2n) is 2.59. The Bertz CT molecular complexity index is 80.0. The maximum absolute atomic E-state index is 2.24. The van der Waals surface area contributed by atoms with Crippen molar-refractivity contribution in [3.05, 3.63) is 11.6 Å². The van der Waals surface area contributed by atoms with Gasteiger partial charge >= 0.3 is 0 Å². The van der Waals surface area contributed by atoms with Crippen LogP contribution in [0.2, 0.25) is 0 Å². The molecule has 0 aromatic rings. The van der Waals surface area contributed by atoms with Crippen molar-refractivity contribution < 1.29 is 0 Å². The first-order chi connectivity index (χ1) is 5.31. The van der Waals surface area contributed by atoms with Crippen LogP contribution in [0.25, 0.3) is 0 Å². The predicted octanol–water partition coefficient (Wildman–Crippen LogP) is 4.56. The van der Waals surface area contributed by atoms with Gasteiger partial charge in [0.2, 0.25) is 0 Å². The Morgan fingerprint density at radius 1 is 1.18 bits per heavy atom. The Balaban J connectivity index is 0. The first-order valence-corrected chi connectivity index (χ1v) is 4.93. The van der Waals surface area contributed by atoms with Crippen molar-refractivity contribution in [3.63, 3.8) is 0 Å². The highest BCUT2D eigenvalue weighted by Gasteiger charge is 1.86. The highest BCUT2D eigenvalue weighted by Crippen LogP contribution is 2.06. The lowest BCUT2D eigenvalue weighted by molar-refractivity contribution is 0.713. The van der Waals surface area contributed by atoms with E-state index in [1.54, 1.807) is 0 Å². The molecule has 0 nitrogen and oxygen atoms in total. The van der Waals surface area contributed by atoms with Crippen LogP contribution in [0.4, 0.5) is 0 Å². The molecule has 0 unspecified atom stereocenters. The molecule has 68 valence electrons. The quantitative estimate of drug-likeness (QED) is 0.413. The van der Waals surface area contributed by atoms with Crippen LogP contribution in [0.3, 0.4) is 0 Å². The van der Waals surface area contributed by atoms with E-state index in [2.05, 4.69) is 26.8 Å². The first kappa shape index (κ1) is 13.3. The molecule has 0 heterocycles. The lowest BCUT2D eigenvalue weighted by atomic mass is 10.1. The molecule has 0 fully saturated rings. The molecule has 0 saturated carbocycles. The number of unbranched alkanes of at least 4 members (excludes halogenated alkanes) is 2. The third-order valence-electron chi connectivity index (χ3n) is 1.67. The van der Waals surface area contributed by atoms with Gasteiger partial charge in [-0.2, -0.15) is 0 Å². The van der Waals surface area contributed by atoms with Crippen LogP contribution in [0, 0.1) is 0 Å². The maximum atomic E-state index is 2.24. The van der Waals surface area contributed by atoms with E-state index in [9.17, 15) is 0 Å². The van der Waals surface area contributed by atoms with Gasteiger partial charge in [0, 0.05) is 0 Å². The van der Waals surface area contributed by atoms with E-state index in [4.69, 9.17) is 0 Å². The summed E-state index contributed by atoms with van der Waals surface area (Å²) in [5.41, 5.74) is 1.53. The normalized spacial score (nSPS) is 10.5. The van der Waals surface area contributed by atoms with Crippen LogP contribution >= 0.6 is 0 Å². The molecule has 11 heavy (non-hydrogen) atoms. The summed E-state index contributed by atoms with van der Waals surface area (Å²) < 4.78 is 0. The number of hydrogen-bond acceptors (Lipinski definition) is 0. The number of rotatable bonds is 4. The molecule has 0 rings (SSSR count). The Morgan fingerprint density at radius 2 is 1.73 bits per heavy atom. The third kappa shape index (κ3) is 12.8. The summed E-state index contributed by atoms with van der Waals surface area (Å²) in [7, 11) is 0. The number of allylic oxidation sites excluding steroid dienone is 2. The van der Waals surface area contributed by atoms with Gasteiger partial charge in [-0.3, -0.25) is 0 Å². The minimum atomic E-state index is 1.30. The smallest absolute Gasteiger partial charge is 0.0323 e. The molecule has 0 aromatic carbocycles. The Hall–Kier alpha value is -0.260. The van der Waals surface area contributed by atoms with E-state index in [-0.39, 0.29) is 0 Å². The van der Waals surface area contributed by atoms with Crippen molar-refractivity contribution in [1.29, 1.82) is 0 Å². The molecular weight excluding hydrogens is 132 g/mol.